The second-order valence-corrected chi connectivity index (χ2v) is 4.17. The number of nitrogen functional groups attached to an aromatic ring is 1. The number of nitrogens with one attached hydrogen (secondary N) is 2. The number of nitrogens with zero attached hydrogens (tertiary/aromatic N) is 3. The summed E-state index contributed by atoms with van der Waals surface area (Å²) in [5.74, 6) is 5.57. The van der Waals surface area contributed by atoms with Crippen LogP contribution in [0.2, 0.25) is 0 Å². The predicted octanol–water partition coefficient (Wildman–Crippen LogP) is 0.305. The number of hydrazine groups is 1. The molecule has 0 saturated heterocycles. The molecule has 2 aromatic rings. The van der Waals surface area contributed by atoms with Crippen molar-refractivity contribution in [2.24, 2.45) is 5.84 Å². The molecule has 2 aromatic heterocycles. The number of nitrogens with two attached hydrogens (primary N) is 1. The normalized spacial score (nSPS) is 10.2. The summed E-state index contributed by atoms with van der Waals surface area (Å²) in [6.45, 7) is 1.83. The molecule has 0 saturated carbocycles. The van der Waals surface area contributed by atoms with Crippen LogP contribution in [0.5, 0.6) is 0 Å². The molecule has 0 bridgehead atoms. The lowest BCUT2D eigenvalue weighted by Gasteiger charge is -2.03. The first kappa shape index (κ1) is 11.6. The smallest absolute Gasteiger partial charge is 0.251 e. The van der Waals surface area contributed by atoms with E-state index in [1.165, 1.54) is 24.0 Å². The number of anilines is 1. The van der Waals surface area contributed by atoms with Crippen LogP contribution in [0, 0.1) is 6.92 Å². The molecule has 7 nitrogen and oxygen atoms in total. The van der Waals surface area contributed by atoms with Gasteiger partial charge in [0.2, 0.25) is 5.95 Å². The van der Waals surface area contributed by atoms with Crippen molar-refractivity contribution in [1.29, 1.82) is 0 Å². The minimum atomic E-state index is -0.203. The topological polar surface area (TPSA) is 110 Å². The third kappa shape index (κ3) is 3.02. The lowest BCUT2D eigenvalue weighted by molar-refractivity contribution is 0.925. The zero-order valence-corrected chi connectivity index (χ0v) is 9.78. The predicted molar refractivity (Wildman–Crippen MR) is 63.6 cm³/mol. The number of aromatic nitrogens is 4. The van der Waals surface area contributed by atoms with Gasteiger partial charge in [-0.1, -0.05) is 0 Å². The highest BCUT2D eigenvalue weighted by Gasteiger charge is 2.04. The fourth-order valence-corrected chi connectivity index (χ4v) is 1.98. The highest BCUT2D eigenvalue weighted by molar-refractivity contribution is 7.99. The van der Waals surface area contributed by atoms with E-state index in [1.54, 1.807) is 6.07 Å². The van der Waals surface area contributed by atoms with Crippen LogP contribution in [0.1, 0.15) is 5.69 Å². The first-order valence-electron chi connectivity index (χ1n) is 4.73. The Morgan fingerprint density at radius 2 is 2.29 bits per heavy atom. The maximum absolute atomic E-state index is 11.1. The largest absolute Gasteiger partial charge is 0.301 e. The molecule has 0 aliphatic carbocycles. The van der Waals surface area contributed by atoms with Crippen molar-refractivity contribution in [3.05, 3.63) is 34.4 Å². The van der Waals surface area contributed by atoms with Gasteiger partial charge < -0.3 is 4.98 Å². The first-order valence-corrected chi connectivity index (χ1v) is 5.54. The summed E-state index contributed by atoms with van der Waals surface area (Å²) < 4.78 is 0. The molecule has 0 aromatic carbocycles. The molecular formula is C9H10N6OS. The van der Waals surface area contributed by atoms with Crippen LogP contribution in [0.25, 0.3) is 0 Å². The van der Waals surface area contributed by atoms with E-state index in [1.807, 2.05) is 6.92 Å². The van der Waals surface area contributed by atoms with Crippen molar-refractivity contribution in [1.82, 2.24) is 19.9 Å². The van der Waals surface area contributed by atoms with Crippen LogP contribution in [-0.2, 0) is 0 Å². The third-order valence-electron chi connectivity index (χ3n) is 1.81. The van der Waals surface area contributed by atoms with Crippen molar-refractivity contribution >= 4 is 17.7 Å². The lowest BCUT2D eigenvalue weighted by atomic mass is 10.5. The van der Waals surface area contributed by atoms with E-state index in [4.69, 9.17) is 5.84 Å². The Hall–Kier alpha value is -1.93. The van der Waals surface area contributed by atoms with E-state index in [9.17, 15) is 4.79 Å². The molecule has 17 heavy (non-hydrogen) atoms. The van der Waals surface area contributed by atoms with E-state index in [0.29, 0.717) is 16.1 Å². The van der Waals surface area contributed by atoms with E-state index < -0.39 is 0 Å². The van der Waals surface area contributed by atoms with Crippen LogP contribution < -0.4 is 16.8 Å². The number of rotatable bonds is 3. The van der Waals surface area contributed by atoms with E-state index in [-0.39, 0.29) is 5.56 Å². The van der Waals surface area contributed by atoms with Gasteiger partial charge in [0.05, 0.1) is 0 Å². The van der Waals surface area contributed by atoms with E-state index in [2.05, 4.69) is 25.4 Å². The number of hydrogen-bond acceptors (Lipinski definition) is 7. The molecule has 0 spiro atoms. The van der Waals surface area contributed by atoms with Gasteiger partial charge in [0.15, 0.2) is 5.16 Å². The van der Waals surface area contributed by atoms with E-state index in [0.717, 1.165) is 5.69 Å². The zero-order valence-electron chi connectivity index (χ0n) is 8.97. The third-order valence-corrected chi connectivity index (χ3v) is 2.63. The van der Waals surface area contributed by atoms with Crippen LogP contribution >= 0.6 is 11.8 Å². The Bertz CT molecular complexity index is 584. The first-order chi connectivity index (χ1) is 8.17. The molecule has 0 amide bonds. The maximum atomic E-state index is 11.1. The number of H-pyrrole nitrogens is 1. The van der Waals surface area contributed by atoms with Gasteiger partial charge in [-0.3, -0.25) is 10.2 Å². The van der Waals surface area contributed by atoms with Crippen LogP contribution in [0.15, 0.2) is 33.3 Å². The molecule has 0 aliphatic rings. The summed E-state index contributed by atoms with van der Waals surface area (Å²) in [7, 11) is 0. The fourth-order valence-electron chi connectivity index (χ4n) is 1.16. The average Bonchev–Trinajstić information content (AvgIpc) is 2.28. The van der Waals surface area contributed by atoms with Crippen molar-refractivity contribution in [3.63, 3.8) is 0 Å². The van der Waals surface area contributed by atoms with Gasteiger partial charge in [-0.15, -0.1) is 0 Å². The monoisotopic (exact) mass is 250 g/mol. The Labute approximate surface area is 101 Å². The average molecular weight is 250 g/mol. The second-order valence-electron chi connectivity index (χ2n) is 3.16. The molecular weight excluding hydrogens is 240 g/mol. The molecule has 0 radical (unpaired) electrons. The molecule has 2 rings (SSSR count). The van der Waals surface area contributed by atoms with Crippen molar-refractivity contribution in [2.75, 3.05) is 5.43 Å². The summed E-state index contributed by atoms with van der Waals surface area (Å²) in [6.07, 6.45) is 1.44. The molecule has 88 valence electrons. The Morgan fingerprint density at radius 3 is 3.00 bits per heavy atom. The summed E-state index contributed by atoms with van der Waals surface area (Å²) in [5, 5.41) is 1.12. The number of aromatic amines is 1. The van der Waals surface area contributed by atoms with Gasteiger partial charge in [-0.05, 0) is 24.8 Å². The molecule has 0 atom stereocenters. The summed E-state index contributed by atoms with van der Waals surface area (Å²) in [4.78, 5) is 25.9. The summed E-state index contributed by atoms with van der Waals surface area (Å²) in [5.41, 5.74) is 2.95. The molecule has 0 fully saturated rings. The standard InChI is InChI=1S/C9H10N6OS/c1-5-4-7(14-8(12-5)15-10)17-9-11-3-2-6(16)13-9/h2-4H,10H2,1H3,(H,11,13,16)(H,12,14,15). The molecule has 2 heterocycles. The minimum absolute atomic E-state index is 0.203. The van der Waals surface area contributed by atoms with Gasteiger partial charge in [0, 0.05) is 18.0 Å². The number of hydrogen-bond donors (Lipinski definition) is 3. The van der Waals surface area contributed by atoms with Crippen LogP contribution in [-0.4, -0.2) is 19.9 Å². The van der Waals surface area contributed by atoms with Gasteiger partial charge in [-0.2, -0.15) is 0 Å². The van der Waals surface area contributed by atoms with Gasteiger partial charge in [-0.25, -0.2) is 20.8 Å². The lowest BCUT2D eigenvalue weighted by Crippen LogP contribution is -2.11. The molecule has 0 aliphatic heterocycles. The Kier molecular flexibility index (Phi) is 3.35. The van der Waals surface area contributed by atoms with Gasteiger partial charge >= 0.3 is 0 Å². The van der Waals surface area contributed by atoms with E-state index >= 15 is 0 Å². The van der Waals surface area contributed by atoms with Gasteiger partial charge in [0.1, 0.15) is 5.03 Å². The SMILES string of the molecule is Cc1cc(Sc2nccc(=O)[nH]2)nc(NN)n1. The fraction of sp³-hybridized carbons (Fsp3) is 0.111. The van der Waals surface area contributed by atoms with Crippen molar-refractivity contribution < 1.29 is 0 Å². The van der Waals surface area contributed by atoms with Crippen molar-refractivity contribution in [3.8, 4) is 0 Å². The summed E-state index contributed by atoms with van der Waals surface area (Å²) >= 11 is 1.23. The zero-order chi connectivity index (χ0) is 12.3. The van der Waals surface area contributed by atoms with Gasteiger partial charge in [0.25, 0.3) is 5.56 Å². The second kappa shape index (κ2) is 4.93. The maximum Gasteiger partial charge on any atom is 0.251 e. The quantitative estimate of drug-likeness (QED) is 0.311. The summed E-state index contributed by atoms with van der Waals surface area (Å²) in [6, 6.07) is 3.13. The van der Waals surface area contributed by atoms with Crippen LogP contribution in [0.4, 0.5) is 5.95 Å². The van der Waals surface area contributed by atoms with Crippen LogP contribution in [0.3, 0.4) is 0 Å². The Morgan fingerprint density at radius 1 is 1.47 bits per heavy atom. The minimum Gasteiger partial charge on any atom is -0.301 e. The highest BCUT2D eigenvalue weighted by Crippen LogP contribution is 2.22. The van der Waals surface area contributed by atoms with Crippen molar-refractivity contribution in [2.45, 2.75) is 17.1 Å². The molecule has 0 unspecified atom stereocenters. The molecule has 4 N–H and O–H groups in total. The number of aryl methyl sites for hydroxylation is 1. The Balaban J connectivity index is 2.29. The molecule has 8 heteroatoms. The highest BCUT2D eigenvalue weighted by atomic mass is 32.2.